The fourth-order valence-electron chi connectivity index (χ4n) is 1.87. The molecular formula is C16H19ClN6OS. The molecule has 2 unspecified atom stereocenters. The average Bonchev–Trinajstić information content (AvgIpc) is 3.03. The molecule has 2 aromatic rings. The highest BCUT2D eigenvalue weighted by Crippen LogP contribution is 2.25. The SMILES string of the molecule is CC(Sc1nnnn1-c1ccc(Cl)cc1)C(=O)NC(C)(C#N)C(C)C. The Hall–Kier alpha value is -2.11. The van der Waals surface area contributed by atoms with E-state index in [1.54, 1.807) is 38.1 Å². The Morgan fingerprint density at radius 3 is 2.56 bits per heavy atom. The lowest BCUT2D eigenvalue weighted by molar-refractivity contribution is -0.121. The number of hydrogen-bond donors (Lipinski definition) is 1. The highest BCUT2D eigenvalue weighted by atomic mass is 35.5. The minimum atomic E-state index is -0.923. The van der Waals surface area contributed by atoms with Crippen molar-refractivity contribution in [2.24, 2.45) is 5.92 Å². The number of tetrazole rings is 1. The van der Waals surface area contributed by atoms with E-state index in [2.05, 4.69) is 26.9 Å². The van der Waals surface area contributed by atoms with E-state index in [4.69, 9.17) is 11.6 Å². The van der Waals surface area contributed by atoms with Crippen LogP contribution in [0.5, 0.6) is 0 Å². The molecule has 7 nitrogen and oxygen atoms in total. The number of aromatic nitrogens is 4. The van der Waals surface area contributed by atoms with E-state index in [1.807, 2.05) is 13.8 Å². The van der Waals surface area contributed by atoms with Gasteiger partial charge in [0.2, 0.25) is 11.1 Å². The minimum absolute atomic E-state index is 0.0157. The Labute approximate surface area is 155 Å². The van der Waals surface area contributed by atoms with Crippen molar-refractivity contribution in [2.75, 3.05) is 0 Å². The normalized spacial score (nSPS) is 14.6. The molecule has 2 atom stereocenters. The van der Waals surface area contributed by atoms with Crippen LogP contribution in [0.2, 0.25) is 5.02 Å². The summed E-state index contributed by atoms with van der Waals surface area (Å²) in [6.45, 7) is 7.24. The summed E-state index contributed by atoms with van der Waals surface area (Å²) in [5, 5.41) is 24.4. The van der Waals surface area contributed by atoms with Gasteiger partial charge in [-0.05, 0) is 54.5 Å². The highest BCUT2D eigenvalue weighted by Gasteiger charge is 2.32. The van der Waals surface area contributed by atoms with E-state index in [9.17, 15) is 10.1 Å². The Kier molecular flexibility index (Phi) is 6.03. The summed E-state index contributed by atoms with van der Waals surface area (Å²) >= 11 is 7.11. The van der Waals surface area contributed by atoms with Gasteiger partial charge in [0.25, 0.3) is 0 Å². The van der Waals surface area contributed by atoms with Crippen molar-refractivity contribution < 1.29 is 4.79 Å². The number of halogens is 1. The van der Waals surface area contributed by atoms with Crippen molar-refractivity contribution in [2.45, 2.75) is 43.6 Å². The molecule has 0 bridgehead atoms. The van der Waals surface area contributed by atoms with Gasteiger partial charge in [-0.25, -0.2) is 0 Å². The zero-order valence-electron chi connectivity index (χ0n) is 14.4. The molecule has 0 aliphatic heterocycles. The van der Waals surface area contributed by atoms with Crippen LogP contribution in [0.15, 0.2) is 29.4 Å². The lowest BCUT2D eigenvalue weighted by Crippen LogP contribution is -2.51. The van der Waals surface area contributed by atoms with Crippen molar-refractivity contribution in [3.63, 3.8) is 0 Å². The number of nitrogens with one attached hydrogen (secondary N) is 1. The van der Waals surface area contributed by atoms with Gasteiger partial charge in [0.1, 0.15) is 5.54 Å². The van der Waals surface area contributed by atoms with Gasteiger partial charge in [0.15, 0.2) is 0 Å². The molecule has 2 rings (SSSR count). The number of nitrogens with zero attached hydrogens (tertiary/aromatic N) is 5. The number of carbonyl (C=O) groups excluding carboxylic acids is 1. The van der Waals surface area contributed by atoms with E-state index in [-0.39, 0.29) is 11.8 Å². The Bertz CT molecular complexity index is 785. The smallest absolute Gasteiger partial charge is 0.234 e. The van der Waals surface area contributed by atoms with Crippen LogP contribution >= 0.6 is 23.4 Å². The molecule has 0 saturated carbocycles. The van der Waals surface area contributed by atoms with Crippen LogP contribution in [-0.2, 0) is 4.79 Å². The van der Waals surface area contributed by atoms with Gasteiger partial charge >= 0.3 is 0 Å². The fourth-order valence-corrected chi connectivity index (χ4v) is 2.80. The monoisotopic (exact) mass is 378 g/mol. The minimum Gasteiger partial charge on any atom is -0.337 e. The summed E-state index contributed by atoms with van der Waals surface area (Å²) in [6, 6.07) is 9.23. The first-order valence-corrected chi connectivity index (χ1v) is 8.97. The highest BCUT2D eigenvalue weighted by molar-refractivity contribution is 8.00. The van der Waals surface area contributed by atoms with Crippen molar-refractivity contribution >= 4 is 29.3 Å². The molecule has 25 heavy (non-hydrogen) atoms. The zero-order valence-corrected chi connectivity index (χ0v) is 16.0. The standard InChI is InChI=1S/C16H19ClN6OS/c1-10(2)16(4,9-18)19-14(24)11(3)25-15-20-21-22-23(15)13-7-5-12(17)6-8-13/h5-8,10-11H,1-4H3,(H,19,24). The molecule has 9 heteroatoms. The maximum atomic E-state index is 12.5. The van der Waals surface area contributed by atoms with Crippen molar-refractivity contribution in [3.8, 4) is 11.8 Å². The second-order valence-electron chi connectivity index (χ2n) is 6.07. The predicted octanol–water partition coefficient (Wildman–Crippen LogP) is 2.85. The quantitative estimate of drug-likeness (QED) is 0.776. The predicted molar refractivity (Wildman–Crippen MR) is 96.5 cm³/mol. The first-order chi connectivity index (χ1) is 11.8. The number of thioether (sulfide) groups is 1. The molecule has 0 aliphatic carbocycles. The van der Waals surface area contributed by atoms with Gasteiger partial charge in [-0.1, -0.05) is 37.2 Å². The van der Waals surface area contributed by atoms with E-state index < -0.39 is 10.8 Å². The molecule has 0 fully saturated rings. The van der Waals surface area contributed by atoms with Gasteiger partial charge in [0, 0.05) is 5.02 Å². The first-order valence-electron chi connectivity index (χ1n) is 7.71. The Balaban J connectivity index is 2.13. The number of amides is 1. The van der Waals surface area contributed by atoms with Gasteiger partial charge in [-0.15, -0.1) is 5.10 Å². The molecule has 0 spiro atoms. The number of nitriles is 1. The summed E-state index contributed by atoms with van der Waals surface area (Å²) in [4.78, 5) is 12.5. The number of rotatable bonds is 6. The van der Waals surface area contributed by atoms with Gasteiger partial charge in [0.05, 0.1) is 17.0 Å². The molecular weight excluding hydrogens is 360 g/mol. The van der Waals surface area contributed by atoms with E-state index in [0.717, 1.165) is 5.69 Å². The number of hydrogen-bond acceptors (Lipinski definition) is 6. The largest absolute Gasteiger partial charge is 0.337 e. The second-order valence-corrected chi connectivity index (χ2v) is 7.81. The van der Waals surface area contributed by atoms with Crippen molar-refractivity contribution in [1.82, 2.24) is 25.5 Å². The molecule has 1 amide bonds. The fraction of sp³-hybridized carbons (Fsp3) is 0.438. The summed E-state index contributed by atoms with van der Waals surface area (Å²) in [5.74, 6) is -0.258. The zero-order chi connectivity index (χ0) is 18.6. The van der Waals surface area contributed by atoms with Crippen molar-refractivity contribution in [3.05, 3.63) is 29.3 Å². The summed E-state index contributed by atoms with van der Waals surface area (Å²) in [5.41, 5.74) is -0.179. The molecule has 1 aromatic carbocycles. The molecule has 0 saturated heterocycles. The Morgan fingerprint density at radius 2 is 2.00 bits per heavy atom. The van der Waals surface area contributed by atoms with Crippen LogP contribution in [-0.4, -0.2) is 36.9 Å². The molecule has 1 heterocycles. The third-order valence-corrected chi connectivity index (χ3v) is 5.22. The van der Waals surface area contributed by atoms with E-state index in [0.29, 0.717) is 10.2 Å². The van der Waals surface area contributed by atoms with E-state index in [1.165, 1.54) is 16.4 Å². The topological polar surface area (TPSA) is 96.5 Å². The molecule has 0 radical (unpaired) electrons. The number of benzene rings is 1. The Morgan fingerprint density at radius 1 is 1.36 bits per heavy atom. The third kappa shape index (κ3) is 4.50. The summed E-state index contributed by atoms with van der Waals surface area (Å²) < 4.78 is 1.54. The maximum Gasteiger partial charge on any atom is 0.234 e. The van der Waals surface area contributed by atoms with E-state index >= 15 is 0 Å². The van der Waals surface area contributed by atoms with Crippen LogP contribution in [0.1, 0.15) is 27.7 Å². The lowest BCUT2D eigenvalue weighted by atomic mass is 9.90. The summed E-state index contributed by atoms with van der Waals surface area (Å²) in [6.07, 6.45) is 0. The van der Waals surface area contributed by atoms with Crippen LogP contribution in [0.3, 0.4) is 0 Å². The molecule has 132 valence electrons. The first kappa shape index (κ1) is 19.2. The average molecular weight is 379 g/mol. The van der Waals surface area contributed by atoms with Crippen LogP contribution in [0.4, 0.5) is 0 Å². The molecule has 1 aromatic heterocycles. The van der Waals surface area contributed by atoms with Crippen LogP contribution in [0, 0.1) is 17.2 Å². The maximum absolute atomic E-state index is 12.5. The van der Waals surface area contributed by atoms with Crippen LogP contribution < -0.4 is 5.32 Å². The number of carbonyl (C=O) groups is 1. The lowest BCUT2D eigenvalue weighted by Gasteiger charge is -2.28. The third-order valence-electron chi connectivity index (χ3n) is 3.93. The summed E-state index contributed by atoms with van der Waals surface area (Å²) in [7, 11) is 0. The molecule has 1 N–H and O–H groups in total. The second kappa shape index (κ2) is 7.85. The van der Waals surface area contributed by atoms with Gasteiger partial charge < -0.3 is 5.32 Å². The molecule has 0 aliphatic rings. The van der Waals surface area contributed by atoms with Crippen molar-refractivity contribution in [1.29, 1.82) is 5.26 Å². The van der Waals surface area contributed by atoms with Gasteiger partial charge in [-0.3, -0.25) is 4.79 Å². The van der Waals surface area contributed by atoms with Gasteiger partial charge in [-0.2, -0.15) is 9.94 Å². The van der Waals surface area contributed by atoms with Crippen LogP contribution in [0.25, 0.3) is 5.69 Å².